The van der Waals surface area contributed by atoms with Gasteiger partial charge in [-0.15, -0.1) is 0 Å². The minimum atomic E-state index is -0.260. The van der Waals surface area contributed by atoms with Gasteiger partial charge < -0.3 is 9.80 Å². The monoisotopic (exact) mass is 458 g/mol. The Morgan fingerprint density at radius 1 is 0.853 bits per heavy atom. The number of carbonyl (C=O) groups excluding carboxylic acids is 1. The number of amides is 1. The standard InChI is InChI=1S/C30H35FN2O/c31-28-12-14-29(15-13-28)33(30(34)25-7-2-1-3-8-25)21-20-32-18-16-24(17-19-32)27-11-10-23-6-4-5-9-26(23)22-27/h4-6,9-15,22,24-25H,1-3,7-8,16-21H2. The highest BCUT2D eigenvalue weighted by Crippen LogP contribution is 2.31. The maximum atomic E-state index is 13.5. The van der Waals surface area contributed by atoms with E-state index in [-0.39, 0.29) is 17.6 Å². The molecule has 1 saturated heterocycles. The summed E-state index contributed by atoms with van der Waals surface area (Å²) in [5.74, 6) is 0.664. The molecule has 1 saturated carbocycles. The highest BCUT2D eigenvalue weighted by Gasteiger charge is 2.28. The number of anilines is 1. The number of hydrogen-bond acceptors (Lipinski definition) is 2. The molecular weight excluding hydrogens is 423 g/mol. The average molecular weight is 459 g/mol. The van der Waals surface area contributed by atoms with E-state index in [0.29, 0.717) is 12.5 Å². The van der Waals surface area contributed by atoms with E-state index < -0.39 is 0 Å². The van der Waals surface area contributed by atoms with Crippen LogP contribution in [0.2, 0.25) is 0 Å². The predicted molar refractivity (Wildman–Crippen MR) is 138 cm³/mol. The van der Waals surface area contributed by atoms with Crippen molar-refractivity contribution in [3.63, 3.8) is 0 Å². The maximum Gasteiger partial charge on any atom is 0.230 e. The SMILES string of the molecule is O=C(C1CCCCC1)N(CCN1CCC(c2ccc3ccccc3c2)CC1)c1ccc(F)cc1. The van der Waals surface area contributed by atoms with Crippen LogP contribution in [0.4, 0.5) is 10.1 Å². The number of hydrogen-bond donors (Lipinski definition) is 0. The Balaban J connectivity index is 1.21. The van der Waals surface area contributed by atoms with Crippen LogP contribution in [0.5, 0.6) is 0 Å². The van der Waals surface area contributed by atoms with Crippen molar-refractivity contribution in [1.82, 2.24) is 4.90 Å². The molecule has 5 rings (SSSR count). The number of carbonyl (C=O) groups is 1. The first kappa shape index (κ1) is 23.0. The Morgan fingerprint density at radius 2 is 1.56 bits per heavy atom. The molecule has 3 aromatic rings. The molecule has 0 aromatic heterocycles. The van der Waals surface area contributed by atoms with Crippen LogP contribution in [0, 0.1) is 11.7 Å². The molecular formula is C30H35FN2O. The minimum Gasteiger partial charge on any atom is -0.311 e. The molecule has 0 N–H and O–H groups in total. The summed E-state index contributed by atoms with van der Waals surface area (Å²) >= 11 is 0. The van der Waals surface area contributed by atoms with Gasteiger partial charge in [0, 0.05) is 24.7 Å². The van der Waals surface area contributed by atoms with Gasteiger partial charge >= 0.3 is 0 Å². The van der Waals surface area contributed by atoms with Crippen molar-refractivity contribution in [1.29, 1.82) is 0 Å². The Morgan fingerprint density at radius 3 is 2.29 bits per heavy atom. The van der Waals surface area contributed by atoms with Gasteiger partial charge in [-0.3, -0.25) is 4.79 Å². The molecule has 0 atom stereocenters. The number of rotatable bonds is 6. The van der Waals surface area contributed by atoms with Crippen molar-refractivity contribution < 1.29 is 9.18 Å². The lowest BCUT2D eigenvalue weighted by Crippen LogP contribution is -2.44. The summed E-state index contributed by atoms with van der Waals surface area (Å²) in [4.78, 5) is 17.8. The van der Waals surface area contributed by atoms with E-state index in [0.717, 1.165) is 63.8 Å². The molecule has 0 spiro atoms. The van der Waals surface area contributed by atoms with E-state index >= 15 is 0 Å². The summed E-state index contributed by atoms with van der Waals surface area (Å²) in [5, 5.41) is 2.62. The fourth-order valence-corrected chi connectivity index (χ4v) is 5.75. The van der Waals surface area contributed by atoms with Gasteiger partial charge in [-0.2, -0.15) is 0 Å². The van der Waals surface area contributed by atoms with Gasteiger partial charge in [-0.1, -0.05) is 61.7 Å². The molecule has 1 aliphatic carbocycles. The molecule has 0 radical (unpaired) electrons. The number of nitrogens with zero attached hydrogens (tertiary/aromatic N) is 2. The number of halogens is 1. The van der Waals surface area contributed by atoms with E-state index in [1.165, 1.54) is 34.9 Å². The third-order valence-electron chi connectivity index (χ3n) is 7.83. The third kappa shape index (κ3) is 5.33. The van der Waals surface area contributed by atoms with E-state index in [9.17, 15) is 9.18 Å². The second-order valence-electron chi connectivity index (χ2n) is 10.0. The highest BCUT2D eigenvalue weighted by molar-refractivity contribution is 5.95. The molecule has 34 heavy (non-hydrogen) atoms. The van der Waals surface area contributed by atoms with Crippen molar-refractivity contribution >= 4 is 22.4 Å². The van der Waals surface area contributed by atoms with Crippen LogP contribution in [0.15, 0.2) is 66.7 Å². The normalized spacial score (nSPS) is 18.3. The summed E-state index contributed by atoms with van der Waals surface area (Å²) in [6.45, 7) is 3.63. The topological polar surface area (TPSA) is 23.6 Å². The Hall–Kier alpha value is -2.72. The third-order valence-corrected chi connectivity index (χ3v) is 7.83. The van der Waals surface area contributed by atoms with Crippen LogP contribution in [0.1, 0.15) is 56.4 Å². The first-order valence-corrected chi connectivity index (χ1v) is 13.0. The number of benzene rings is 3. The van der Waals surface area contributed by atoms with Crippen LogP contribution in [-0.2, 0) is 4.79 Å². The van der Waals surface area contributed by atoms with Gasteiger partial charge in [0.1, 0.15) is 5.82 Å². The van der Waals surface area contributed by atoms with Crippen molar-refractivity contribution in [2.45, 2.75) is 50.9 Å². The first-order valence-electron chi connectivity index (χ1n) is 13.0. The van der Waals surface area contributed by atoms with Crippen molar-refractivity contribution in [3.8, 4) is 0 Å². The van der Waals surface area contributed by atoms with E-state index in [1.807, 2.05) is 4.90 Å². The molecule has 3 aromatic carbocycles. The molecule has 1 amide bonds. The molecule has 0 bridgehead atoms. The summed E-state index contributed by atoms with van der Waals surface area (Å²) in [6.07, 6.45) is 7.75. The van der Waals surface area contributed by atoms with E-state index in [2.05, 4.69) is 47.4 Å². The number of piperidine rings is 1. The van der Waals surface area contributed by atoms with Gasteiger partial charge in [0.05, 0.1) is 0 Å². The summed E-state index contributed by atoms with van der Waals surface area (Å²) in [7, 11) is 0. The van der Waals surface area contributed by atoms with Crippen LogP contribution in [0.25, 0.3) is 10.8 Å². The zero-order chi connectivity index (χ0) is 23.3. The lowest BCUT2D eigenvalue weighted by molar-refractivity contribution is -0.123. The molecule has 4 heteroatoms. The number of fused-ring (bicyclic) bond motifs is 1. The Kier molecular flexibility index (Phi) is 7.24. The molecule has 2 fully saturated rings. The van der Waals surface area contributed by atoms with Crippen LogP contribution < -0.4 is 4.90 Å². The molecule has 178 valence electrons. The van der Waals surface area contributed by atoms with Gasteiger partial charge in [0.2, 0.25) is 5.91 Å². The van der Waals surface area contributed by atoms with E-state index in [4.69, 9.17) is 0 Å². The zero-order valence-electron chi connectivity index (χ0n) is 20.0. The molecule has 1 aliphatic heterocycles. The average Bonchev–Trinajstić information content (AvgIpc) is 2.90. The fourth-order valence-electron chi connectivity index (χ4n) is 5.75. The summed E-state index contributed by atoms with van der Waals surface area (Å²) in [5.41, 5.74) is 2.27. The zero-order valence-corrected chi connectivity index (χ0v) is 20.0. The summed E-state index contributed by atoms with van der Waals surface area (Å²) in [6, 6.07) is 21.9. The van der Waals surface area contributed by atoms with Crippen molar-refractivity contribution in [3.05, 3.63) is 78.1 Å². The first-order chi connectivity index (χ1) is 16.7. The molecule has 2 aliphatic rings. The fraction of sp³-hybridized carbons (Fsp3) is 0.433. The van der Waals surface area contributed by atoms with Gasteiger partial charge in [-0.05, 0) is 85.3 Å². The highest BCUT2D eigenvalue weighted by atomic mass is 19.1. The maximum absolute atomic E-state index is 13.5. The molecule has 0 unspecified atom stereocenters. The van der Waals surface area contributed by atoms with Gasteiger partial charge in [-0.25, -0.2) is 4.39 Å². The van der Waals surface area contributed by atoms with Gasteiger partial charge in [0.25, 0.3) is 0 Å². The molecule has 3 nitrogen and oxygen atoms in total. The second-order valence-corrected chi connectivity index (χ2v) is 10.0. The largest absolute Gasteiger partial charge is 0.311 e. The van der Waals surface area contributed by atoms with E-state index in [1.54, 1.807) is 12.1 Å². The quantitative estimate of drug-likeness (QED) is 0.407. The van der Waals surface area contributed by atoms with Crippen molar-refractivity contribution in [2.24, 2.45) is 5.92 Å². The smallest absolute Gasteiger partial charge is 0.230 e. The van der Waals surface area contributed by atoms with Crippen LogP contribution in [0.3, 0.4) is 0 Å². The Labute approximate surface area is 202 Å². The number of likely N-dealkylation sites (tertiary alicyclic amines) is 1. The lowest BCUT2D eigenvalue weighted by atomic mass is 9.88. The van der Waals surface area contributed by atoms with Gasteiger partial charge in [0.15, 0.2) is 0 Å². The van der Waals surface area contributed by atoms with Crippen LogP contribution in [-0.4, -0.2) is 37.0 Å². The second kappa shape index (κ2) is 10.7. The van der Waals surface area contributed by atoms with Crippen molar-refractivity contribution in [2.75, 3.05) is 31.1 Å². The Bertz CT molecular complexity index is 1100. The summed E-state index contributed by atoms with van der Waals surface area (Å²) < 4.78 is 13.5. The van der Waals surface area contributed by atoms with Crippen LogP contribution >= 0.6 is 0 Å². The molecule has 1 heterocycles. The lowest BCUT2D eigenvalue weighted by Gasteiger charge is -2.35. The predicted octanol–water partition coefficient (Wildman–Crippen LogP) is 6.77. The minimum absolute atomic E-state index is 0.109.